The van der Waals surface area contributed by atoms with Crippen LogP contribution in [0.2, 0.25) is 5.02 Å². The first-order valence-corrected chi connectivity index (χ1v) is 11.1. The van der Waals surface area contributed by atoms with Crippen molar-refractivity contribution in [2.75, 3.05) is 33.2 Å². The number of amides is 1. The average Bonchev–Trinajstić information content (AvgIpc) is 2.68. The van der Waals surface area contributed by atoms with Crippen LogP contribution in [0.4, 0.5) is 0 Å². The van der Waals surface area contributed by atoms with Crippen molar-refractivity contribution in [1.82, 2.24) is 9.62 Å². The molecule has 0 bridgehead atoms. The number of carbonyl (C=O) groups is 1. The summed E-state index contributed by atoms with van der Waals surface area (Å²) in [5, 5.41) is 0.0957. The number of quaternary nitrogens is 1. The molecule has 1 fully saturated rings. The monoisotopic (exact) mass is 422 g/mol. The Morgan fingerprint density at radius 3 is 2.54 bits per heavy atom. The Balaban J connectivity index is 1.66. The molecule has 0 radical (unpaired) electrons. The first-order valence-electron chi connectivity index (χ1n) is 9.21. The number of rotatable bonds is 5. The number of halogens is 1. The number of sulfonamides is 1. The van der Waals surface area contributed by atoms with Crippen LogP contribution in [0.3, 0.4) is 0 Å². The van der Waals surface area contributed by atoms with Crippen LogP contribution in [0.1, 0.15) is 21.5 Å². The normalized spacial score (nSPS) is 15.6. The molecule has 1 heterocycles. The summed E-state index contributed by atoms with van der Waals surface area (Å²) in [4.78, 5) is 16.0. The number of nitrogens with zero attached hydrogens (tertiary/aromatic N) is 1. The standard InChI is InChI=1S/C20H24ClN3O3S/c1-15-4-3-5-16(12-15)14-23-8-10-24(11-9-23)20(25)17-6-7-18(21)19(13-17)28(26,27)22-2/h3-7,12-13,22H,8-11,14H2,1-2H3/p+1. The second-order valence-electron chi connectivity index (χ2n) is 7.06. The van der Waals surface area contributed by atoms with Gasteiger partial charge in [0.15, 0.2) is 0 Å². The zero-order chi connectivity index (χ0) is 20.3. The number of benzene rings is 2. The highest BCUT2D eigenvalue weighted by atomic mass is 35.5. The molecule has 0 aromatic heterocycles. The maximum atomic E-state index is 12.8. The molecule has 2 aromatic carbocycles. The fourth-order valence-electron chi connectivity index (χ4n) is 3.45. The smallest absolute Gasteiger partial charge is 0.254 e. The lowest BCUT2D eigenvalue weighted by Gasteiger charge is -2.32. The van der Waals surface area contributed by atoms with Gasteiger partial charge in [-0.05, 0) is 32.2 Å². The summed E-state index contributed by atoms with van der Waals surface area (Å²) < 4.78 is 26.4. The molecular formula is C20H25ClN3O3S+. The van der Waals surface area contributed by atoms with Gasteiger partial charge in [-0.25, -0.2) is 13.1 Å². The van der Waals surface area contributed by atoms with Crippen LogP contribution < -0.4 is 9.62 Å². The minimum Gasteiger partial charge on any atom is -0.328 e. The summed E-state index contributed by atoms with van der Waals surface area (Å²) in [6, 6.07) is 12.9. The molecule has 0 spiro atoms. The number of hydrogen-bond donors (Lipinski definition) is 2. The second kappa shape index (κ2) is 8.61. The minimum atomic E-state index is -3.72. The van der Waals surface area contributed by atoms with E-state index in [2.05, 4.69) is 35.9 Å². The fraction of sp³-hybridized carbons (Fsp3) is 0.350. The zero-order valence-corrected chi connectivity index (χ0v) is 17.6. The zero-order valence-electron chi connectivity index (χ0n) is 16.0. The largest absolute Gasteiger partial charge is 0.328 e. The van der Waals surface area contributed by atoms with Crippen molar-refractivity contribution in [2.24, 2.45) is 0 Å². The van der Waals surface area contributed by atoms with Gasteiger partial charge in [0.2, 0.25) is 10.0 Å². The van der Waals surface area contributed by atoms with Crippen molar-refractivity contribution >= 4 is 27.5 Å². The fourth-order valence-corrected chi connectivity index (χ4v) is 4.70. The number of carbonyl (C=O) groups excluding carboxylic acids is 1. The molecule has 0 unspecified atom stereocenters. The molecule has 28 heavy (non-hydrogen) atoms. The van der Waals surface area contributed by atoms with Crippen molar-refractivity contribution in [1.29, 1.82) is 0 Å². The van der Waals surface area contributed by atoms with Gasteiger partial charge in [0, 0.05) is 11.1 Å². The number of nitrogens with one attached hydrogen (secondary N) is 2. The predicted molar refractivity (Wildman–Crippen MR) is 109 cm³/mol. The third-order valence-electron chi connectivity index (χ3n) is 5.03. The molecule has 1 aliphatic rings. The van der Waals surface area contributed by atoms with E-state index in [4.69, 9.17) is 11.6 Å². The molecule has 3 rings (SSSR count). The molecule has 2 N–H and O–H groups in total. The third kappa shape index (κ3) is 4.72. The van der Waals surface area contributed by atoms with Crippen molar-refractivity contribution in [2.45, 2.75) is 18.4 Å². The quantitative estimate of drug-likeness (QED) is 0.758. The average molecular weight is 423 g/mol. The molecular weight excluding hydrogens is 398 g/mol. The van der Waals surface area contributed by atoms with E-state index in [1.54, 1.807) is 11.0 Å². The van der Waals surface area contributed by atoms with E-state index in [1.165, 1.54) is 35.2 Å². The Hall–Kier alpha value is -1.93. The van der Waals surface area contributed by atoms with E-state index in [1.807, 2.05) is 0 Å². The summed E-state index contributed by atoms with van der Waals surface area (Å²) >= 11 is 6.01. The predicted octanol–water partition coefficient (Wildman–Crippen LogP) is 1.10. The third-order valence-corrected chi connectivity index (χ3v) is 6.93. The lowest BCUT2D eigenvalue weighted by Crippen LogP contribution is -3.13. The highest BCUT2D eigenvalue weighted by molar-refractivity contribution is 7.89. The molecule has 1 aliphatic heterocycles. The Morgan fingerprint density at radius 2 is 1.89 bits per heavy atom. The molecule has 6 nitrogen and oxygen atoms in total. The van der Waals surface area contributed by atoms with Crippen LogP contribution >= 0.6 is 11.6 Å². The first-order chi connectivity index (χ1) is 13.3. The number of aryl methyl sites for hydroxylation is 1. The van der Waals surface area contributed by atoms with Gasteiger partial charge in [-0.2, -0.15) is 0 Å². The van der Waals surface area contributed by atoms with Crippen LogP contribution in [0.5, 0.6) is 0 Å². The van der Waals surface area contributed by atoms with Crippen molar-refractivity contribution in [3.05, 3.63) is 64.2 Å². The molecule has 2 aromatic rings. The van der Waals surface area contributed by atoms with Gasteiger partial charge >= 0.3 is 0 Å². The molecule has 0 atom stereocenters. The maximum absolute atomic E-state index is 12.8. The minimum absolute atomic E-state index is 0.0776. The lowest BCUT2D eigenvalue weighted by molar-refractivity contribution is -0.917. The van der Waals surface area contributed by atoms with E-state index in [0.29, 0.717) is 18.7 Å². The van der Waals surface area contributed by atoms with Crippen LogP contribution in [0, 0.1) is 6.92 Å². The summed E-state index contributed by atoms with van der Waals surface area (Å²) in [5.74, 6) is -0.168. The van der Waals surface area contributed by atoms with Crippen LogP contribution in [-0.4, -0.2) is 52.5 Å². The van der Waals surface area contributed by atoms with Crippen LogP contribution in [0.15, 0.2) is 47.4 Å². The van der Waals surface area contributed by atoms with Gasteiger partial charge in [-0.15, -0.1) is 0 Å². The van der Waals surface area contributed by atoms with Gasteiger partial charge < -0.3 is 9.80 Å². The molecule has 0 saturated carbocycles. The summed E-state index contributed by atoms with van der Waals surface area (Å²) in [6.07, 6.45) is 0. The summed E-state index contributed by atoms with van der Waals surface area (Å²) in [6.45, 7) is 6.01. The van der Waals surface area contributed by atoms with Gasteiger partial charge in [-0.1, -0.05) is 41.4 Å². The van der Waals surface area contributed by atoms with E-state index in [0.717, 1.165) is 19.6 Å². The first kappa shape index (κ1) is 20.8. The summed E-state index contributed by atoms with van der Waals surface area (Å²) in [7, 11) is -2.40. The lowest BCUT2D eigenvalue weighted by atomic mass is 10.1. The highest BCUT2D eigenvalue weighted by Gasteiger charge is 2.26. The Morgan fingerprint density at radius 1 is 1.18 bits per heavy atom. The van der Waals surface area contributed by atoms with Gasteiger partial charge in [0.25, 0.3) is 5.91 Å². The molecule has 1 saturated heterocycles. The van der Waals surface area contributed by atoms with Crippen molar-refractivity contribution in [3.8, 4) is 0 Å². The molecule has 1 amide bonds. The molecule has 8 heteroatoms. The topological polar surface area (TPSA) is 70.9 Å². The molecule has 0 aliphatic carbocycles. The summed E-state index contributed by atoms with van der Waals surface area (Å²) in [5.41, 5.74) is 2.88. The van der Waals surface area contributed by atoms with E-state index >= 15 is 0 Å². The SMILES string of the molecule is CNS(=O)(=O)c1cc(C(=O)N2CC[NH+](Cc3cccc(C)c3)CC2)ccc1Cl. The van der Waals surface area contributed by atoms with E-state index in [-0.39, 0.29) is 15.8 Å². The van der Waals surface area contributed by atoms with Gasteiger partial charge in [0.1, 0.15) is 11.4 Å². The van der Waals surface area contributed by atoms with E-state index < -0.39 is 10.0 Å². The van der Waals surface area contributed by atoms with Gasteiger partial charge in [0.05, 0.1) is 31.2 Å². The number of piperazine rings is 1. The Labute approximate surface area is 171 Å². The van der Waals surface area contributed by atoms with Crippen molar-refractivity contribution < 1.29 is 18.1 Å². The Kier molecular flexibility index (Phi) is 6.40. The van der Waals surface area contributed by atoms with E-state index in [9.17, 15) is 13.2 Å². The maximum Gasteiger partial charge on any atom is 0.254 e. The number of hydrogen-bond acceptors (Lipinski definition) is 3. The van der Waals surface area contributed by atoms with Crippen LogP contribution in [-0.2, 0) is 16.6 Å². The Bertz CT molecular complexity index is 970. The van der Waals surface area contributed by atoms with Crippen LogP contribution in [0.25, 0.3) is 0 Å². The van der Waals surface area contributed by atoms with Gasteiger partial charge in [-0.3, -0.25) is 4.79 Å². The molecule has 150 valence electrons. The van der Waals surface area contributed by atoms with Crippen molar-refractivity contribution in [3.63, 3.8) is 0 Å². The highest BCUT2D eigenvalue weighted by Crippen LogP contribution is 2.23. The second-order valence-corrected chi connectivity index (χ2v) is 9.32.